The number of carbonyl (C=O) groups is 2. The van der Waals surface area contributed by atoms with Crippen molar-refractivity contribution in [3.63, 3.8) is 0 Å². The smallest absolute Gasteiger partial charge is 0.351 e. The third-order valence-electron chi connectivity index (χ3n) is 4.83. The Morgan fingerprint density at radius 1 is 1.10 bits per heavy atom. The van der Waals surface area contributed by atoms with Crippen molar-refractivity contribution in [3.8, 4) is 0 Å². The Kier molecular flexibility index (Phi) is 4.58. The van der Waals surface area contributed by atoms with Gasteiger partial charge >= 0.3 is 11.6 Å². The third kappa shape index (κ3) is 3.47. The lowest BCUT2D eigenvalue weighted by molar-refractivity contribution is -0.122. The van der Waals surface area contributed by atoms with E-state index in [4.69, 9.17) is 9.15 Å². The van der Waals surface area contributed by atoms with E-state index in [0.717, 1.165) is 11.4 Å². The molecule has 29 heavy (non-hydrogen) atoms. The van der Waals surface area contributed by atoms with Gasteiger partial charge in [0.15, 0.2) is 0 Å². The van der Waals surface area contributed by atoms with Crippen LogP contribution in [0.4, 0.5) is 11.4 Å². The maximum absolute atomic E-state index is 12.8. The van der Waals surface area contributed by atoms with Gasteiger partial charge in [0, 0.05) is 5.39 Å². The van der Waals surface area contributed by atoms with Crippen molar-refractivity contribution in [1.29, 1.82) is 0 Å². The number of carbonyl (C=O) groups excluding carboxylic acids is 2. The standard InChI is InChI=1S/C22H20N2O5/c1-22(2)21(27)24(17-9-5-4-8-16(17)23-22)11-12-28-19(25)15-13-14-7-3-6-10-18(14)29-20(15)26/h3-10,13,23H,11-12H2,1-2H3. The minimum Gasteiger partial charge on any atom is -0.460 e. The van der Waals surface area contributed by atoms with Gasteiger partial charge in [0.1, 0.15) is 23.3 Å². The minimum absolute atomic E-state index is 0.0543. The molecule has 4 rings (SSSR count). The van der Waals surface area contributed by atoms with E-state index in [9.17, 15) is 14.4 Å². The number of esters is 1. The van der Waals surface area contributed by atoms with E-state index < -0.39 is 17.1 Å². The van der Waals surface area contributed by atoms with Gasteiger partial charge in [0.05, 0.1) is 17.9 Å². The number of hydrogen-bond donors (Lipinski definition) is 1. The lowest BCUT2D eigenvalue weighted by Gasteiger charge is -2.39. The zero-order valence-corrected chi connectivity index (χ0v) is 16.1. The summed E-state index contributed by atoms with van der Waals surface area (Å²) in [5.41, 5.74) is 0.253. The molecule has 2 aromatic carbocycles. The highest BCUT2D eigenvalue weighted by atomic mass is 16.5. The summed E-state index contributed by atoms with van der Waals surface area (Å²) in [5, 5.41) is 3.84. The molecule has 3 aromatic rings. The molecular formula is C22H20N2O5. The fraction of sp³-hybridized carbons (Fsp3) is 0.227. The summed E-state index contributed by atoms with van der Waals surface area (Å²) in [7, 11) is 0. The van der Waals surface area contributed by atoms with E-state index in [0.29, 0.717) is 11.0 Å². The molecule has 2 heterocycles. The van der Waals surface area contributed by atoms with Gasteiger partial charge in [-0.25, -0.2) is 9.59 Å². The molecule has 1 aliphatic heterocycles. The number of ether oxygens (including phenoxy) is 1. The lowest BCUT2D eigenvalue weighted by Crippen LogP contribution is -2.54. The summed E-state index contributed by atoms with van der Waals surface area (Å²) >= 11 is 0. The Bertz CT molecular complexity index is 1170. The molecule has 7 heteroatoms. The van der Waals surface area contributed by atoms with Gasteiger partial charge in [-0.15, -0.1) is 0 Å². The summed E-state index contributed by atoms with van der Waals surface area (Å²) in [6.45, 7) is 3.71. The van der Waals surface area contributed by atoms with Crippen LogP contribution in [-0.4, -0.2) is 30.6 Å². The molecule has 0 aliphatic carbocycles. The van der Waals surface area contributed by atoms with Crippen molar-refractivity contribution in [1.82, 2.24) is 0 Å². The molecule has 148 valence electrons. The molecular weight excluding hydrogens is 372 g/mol. The Balaban J connectivity index is 1.50. The van der Waals surface area contributed by atoms with Crippen LogP contribution >= 0.6 is 0 Å². The Hall–Kier alpha value is -3.61. The molecule has 0 bridgehead atoms. The first kappa shape index (κ1) is 18.7. The van der Waals surface area contributed by atoms with Crippen molar-refractivity contribution < 1.29 is 18.7 Å². The quantitative estimate of drug-likeness (QED) is 0.542. The van der Waals surface area contributed by atoms with Crippen LogP contribution in [0.2, 0.25) is 0 Å². The van der Waals surface area contributed by atoms with E-state index >= 15 is 0 Å². The molecule has 1 aromatic heterocycles. The summed E-state index contributed by atoms with van der Waals surface area (Å²) in [6, 6.07) is 15.8. The van der Waals surface area contributed by atoms with Crippen LogP contribution < -0.4 is 15.8 Å². The average Bonchev–Trinajstić information content (AvgIpc) is 2.70. The summed E-state index contributed by atoms with van der Waals surface area (Å²) in [5.74, 6) is -0.905. The fourth-order valence-corrected chi connectivity index (χ4v) is 3.39. The van der Waals surface area contributed by atoms with E-state index in [-0.39, 0.29) is 24.6 Å². The second-order valence-electron chi connectivity index (χ2n) is 7.35. The molecule has 1 N–H and O–H groups in total. The zero-order valence-electron chi connectivity index (χ0n) is 16.1. The van der Waals surface area contributed by atoms with E-state index in [1.54, 1.807) is 43.0 Å². The average molecular weight is 392 g/mol. The summed E-state index contributed by atoms with van der Waals surface area (Å²) < 4.78 is 10.5. The first-order chi connectivity index (χ1) is 13.9. The lowest BCUT2D eigenvalue weighted by atomic mass is 9.98. The van der Waals surface area contributed by atoms with Crippen LogP contribution in [0.15, 0.2) is 63.8 Å². The van der Waals surface area contributed by atoms with Crippen LogP contribution in [0, 0.1) is 0 Å². The van der Waals surface area contributed by atoms with Gasteiger partial charge in [0.25, 0.3) is 5.91 Å². The molecule has 0 spiro atoms. The number of nitrogens with zero attached hydrogens (tertiary/aromatic N) is 1. The first-order valence-electron chi connectivity index (χ1n) is 9.26. The van der Waals surface area contributed by atoms with Crippen molar-refractivity contribution >= 4 is 34.2 Å². The van der Waals surface area contributed by atoms with Crippen LogP contribution in [-0.2, 0) is 9.53 Å². The molecule has 7 nitrogen and oxygen atoms in total. The molecule has 1 amide bonds. The Labute approximate surface area is 166 Å². The summed E-state index contributed by atoms with van der Waals surface area (Å²) in [6.07, 6.45) is 0. The van der Waals surface area contributed by atoms with Gasteiger partial charge in [-0.2, -0.15) is 0 Å². The second kappa shape index (κ2) is 7.09. The molecule has 0 radical (unpaired) electrons. The Morgan fingerprint density at radius 3 is 2.66 bits per heavy atom. The van der Waals surface area contributed by atoms with Crippen LogP contribution in [0.5, 0.6) is 0 Å². The van der Waals surface area contributed by atoms with Gasteiger partial charge in [-0.05, 0) is 38.1 Å². The fourth-order valence-electron chi connectivity index (χ4n) is 3.39. The van der Waals surface area contributed by atoms with Gasteiger partial charge < -0.3 is 19.4 Å². The van der Waals surface area contributed by atoms with Gasteiger partial charge in [-0.1, -0.05) is 30.3 Å². The highest BCUT2D eigenvalue weighted by molar-refractivity contribution is 6.07. The third-order valence-corrected chi connectivity index (χ3v) is 4.83. The van der Waals surface area contributed by atoms with Crippen LogP contribution in [0.25, 0.3) is 11.0 Å². The molecule has 0 fully saturated rings. The van der Waals surface area contributed by atoms with Crippen molar-refractivity contribution in [3.05, 3.63) is 70.6 Å². The maximum atomic E-state index is 12.8. The Morgan fingerprint density at radius 2 is 1.83 bits per heavy atom. The zero-order chi connectivity index (χ0) is 20.6. The predicted molar refractivity (Wildman–Crippen MR) is 109 cm³/mol. The van der Waals surface area contributed by atoms with E-state index in [1.807, 2.05) is 24.3 Å². The number of benzene rings is 2. The van der Waals surface area contributed by atoms with E-state index in [1.165, 1.54) is 6.07 Å². The summed E-state index contributed by atoms with van der Waals surface area (Å²) in [4.78, 5) is 38.9. The van der Waals surface area contributed by atoms with Crippen molar-refractivity contribution in [2.75, 3.05) is 23.4 Å². The highest BCUT2D eigenvalue weighted by Crippen LogP contribution is 2.34. The second-order valence-corrected chi connectivity index (χ2v) is 7.35. The van der Waals surface area contributed by atoms with Crippen molar-refractivity contribution in [2.45, 2.75) is 19.4 Å². The first-order valence-corrected chi connectivity index (χ1v) is 9.26. The van der Waals surface area contributed by atoms with Crippen LogP contribution in [0.3, 0.4) is 0 Å². The largest absolute Gasteiger partial charge is 0.460 e. The monoisotopic (exact) mass is 392 g/mol. The highest BCUT2D eigenvalue weighted by Gasteiger charge is 2.38. The SMILES string of the molecule is CC1(C)Nc2ccccc2N(CCOC(=O)c2cc3ccccc3oc2=O)C1=O. The normalized spacial score (nSPS) is 15.0. The maximum Gasteiger partial charge on any atom is 0.351 e. The number of anilines is 2. The van der Waals surface area contributed by atoms with Gasteiger partial charge in [0.2, 0.25) is 0 Å². The predicted octanol–water partition coefficient (Wildman–Crippen LogP) is 3.19. The molecule has 0 saturated carbocycles. The van der Waals surface area contributed by atoms with Gasteiger partial charge in [-0.3, -0.25) is 4.79 Å². The number of hydrogen-bond acceptors (Lipinski definition) is 6. The number of nitrogens with one attached hydrogen (secondary N) is 1. The molecule has 0 atom stereocenters. The van der Waals surface area contributed by atoms with E-state index in [2.05, 4.69) is 5.32 Å². The molecule has 0 unspecified atom stereocenters. The minimum atomic E-state index is -0.780. The molecule has 0 saturated heterocycles. The molecule has 1 aliphatic rings. The number of fused-ring (bicyclic) bond motifs is 2. The number of rotatable bonds is 4. The number of para-hydroxylation sites is 3. The number of amides is 1. The topological polar surface area (TPSA) is 88.8 Å². The van der Waals surface area contributed by atoms with Crippen LogP contribution in [0.1, 0.15) is 24.2 Å². The van der Waals surface area contributed by atoms with Crippen molar-refractivity contribution in [2.24, 2.45) is 0 Å².